The number of hydrogen-bond donors (Lipinski definition) is 2. The van der Waals surface area contributed by atoms with E-state index in [0.29, 0.717) is 11.8 Å². The Balaban J connectivity index is 2.18. The van der Waals surface area contributed by atoms with Crippen molar-refractivity contribution in [3.05, 3.63) is 30.0 Å². The van der Waals surface area contributed by atoms with Crippen LogP contribution in [0.2, 0.25) is 0 Å². The lowest BCUT2D eigenvalue weighted by Crippen LogP contribution is -2.27. The number of anilines is 4. The molecule has 0 aliphatic heterocycles. The van der Waals surface area contributed by atoms with Crippen LogP contribution >= 0.6 is 0 Å². The van der Waals surface area contributed by atoms with Gasteiger partial charge in [-0.2, -0.15) is 10.1 Å². The quantitative estimate of drug-likeness (QED) is 0.836. The average molecular weight is 328 g/mol. The molecule has 0 saturated carbocycles. The Morgan fingerprint density at radius 2 is 1.83 bits per heavy atom. The van der Waals surface area contributed by atoms with E-state index < -0.39 is 0 Å². The van der Waals surface area contributed by atoms with Crippen molar-refractivity contribution < 1.29 is 0 Å². The van der Waals surface area contributed by atoms with Gasteiger partial charge in [0.2, 0.25) is 5.95 Å². The topological polar surface area (TPSA) is 66.0 Å². The van der Waals surface area contributed by atoms with Gasteiger partial charge in [-0.1, -0.05) is 0 Å². The Bertz CT molecular complexity index is 673. The molecule has 0 spiro atoms. The molecule has 0 atom stereocenters. The van der Waals surface area contributed by atoms with E-state index in [4.69, 9.17) is 0 Å². The molecule has 0 bridgehead atoms. The minimum atomic E-state index is -0.109. The standard InChI is InChI=1S/C18H28N6/c1-7-24(8-2)14-9-10-15(13(3)11-14)20-16-12-19-23-17(21-16)22-18(4,5)6/h9-12H,7-8H2,1-6H3,(H2,20,21,22,23). The lowest BCUT2D eigenvalue weighted by molar-refractivity contribution is 0.623. The van der Waals surface area contributed by atoms with Crippen LogP contribution in [0.3, 0.4) is 0 Å². The van der Waals surface area contributed by atoms with Crippen LogP contribution < -0.4 is 15.5 Å². The summed E-state index contributed by atoms with van der Waals surface area (Å²) in [7, 11) is 0. The van der Waals surface area contributed by atoms with Gasteiger partial charge in [-0.3, -0.25) is 0 Å². The maximum absolute atomic E-state index is 4.48. The largest absolute Gasteiger partial charge is 0.372 e. The molecule has 0 aliphatic carbocycles. The first-order chi connectivity index (χ1) is 11.3. The zero-order valence-electron chi connectivity index (χ0n) is 15.5. The fraction of sp³-hybridized carbons (Fsp3) is 0.500. The number of rotatable bonds is 6. The van der Waals surface area contributed by atoms with Gasteiger partial charge in [0.15, 0.2) is 5.82 Å². The molecular weight excluding hydrogens is 300 g/mol. The van der Waals surface area contributed by atoms with Crippen molar-refractivity contribution in [2.75, 3.05) is 28.6 Å². The number of benzene rings is 1. The highest BCUT2D eigenvalue weighted by Gasteiger charge is 2.12. The second-order valence-corrected chi connectivity index (χ2v) is 6.84. The third kappa shape index (κ3) is 4.81. The van der Waals surface area contributed by atoms with Crippen LogP contribution in [0.4, 0.5) is 23.1 Å². The number of nitrogens with zero attached hydrogens (tertiary/aromatic N) is 4. The van der Waals surface area contributed by atoms with Crippen LogP contribution in [0.15, 0.2) is 24.4 Å². The molecule has 0 amide bonds. The Hall–Kier alpha value is -2.37. The molecule has 0 unspecified atom stereocenters. The fourth-order valence-corrected chi connectivity index (χ4v) is 2.46. The fourth-order valence-electron chi connectivity index (χ4n) is 2.46. The van der Waals surface area contributed by atoms with Crippen LogP contribution in [-0.2, 0) is 0 Å². The summed E-state index contributed by atoms with van der Waals surface area (Å²) >= 11 is 0. The molecule has 0 saturated heterocycles. The van der Waals surface area contributed by atoms with E-state index >= 15 is 0 Å². The van der Waals surface area contributed by atoms with Crippen molar-refractivity contribution in [1.82, 2.24) is 15.2 Å². The minimum absolute atomic E-state index is 0.109. The molecule has 1 aromatic heterocycles. The predicted molar refractivity (Wildman–Crippen MR) is 101 cm³/mol. The highest BCUT2D eigenvalue weighted by molar-refractivity contribution is 5.65. The SMILES string of the molecule is CCN(CC)c1ccc(Nc2cnnc(NC(C)(C)C)n2)c(C)c1. The van der Waals surface area contributed by atoms with Crippen molar-refractivity contribution in [3.8, 4) is 0 Å². The van der Waals surface area contributed by atoms with Gasteiger partial charge in [0, 0.05) is 30.0 Å². The van der Waals surface area contributed by atoms with E-state index in [0.717, 1.165) is 18.8 Å². The van der Waals surface area contributed by atoms with E-state index in [1.165, 1.54) is 11.3 Å². The molecule has 2 aromatic rings. The first kappa shape index (κ1) is 18.0. The van der Waals surface area contributed by atoms with E-state index in [1.54, 1.807) is 6.20 Å². The zero-order chi connectivity index (χ0) is 17.7. The minimum Gasteiger partial charge on any atom is -0.372 e. The van der Waals surface area contributed by atoms with Crippen molar-refractivity contribution in [2.24, 2.45) is 0 Å². The molecule has 2 N–H and O–H groups in total. The molecule has 0 radical (unpaired) electrons. The molecule has 130 valence electrons. The van der Waals surface area contributed by atoms with Crippen LogP contribution in [-0.4, -0.2) is 33.8 Å². The first-order valence-corrected chi connectivity index (χ1v) is 8.43. The summed E-state index contributed by atoms with van der Waals surface area (Å²) in [6.45, 7) is 14.6. The third-order valence-corrected chi connectivity index (χ3v) is 3.65. The van der Waals surface area contributed by atoms with E-state index in [-0.39, 0.29) is 5.54 Å². The Kier molecular flexibility index (Phi) is 5.59. The van der Waals surface area contributed by atoms with E-state index in [1.807, 2.05) is 0 Å². The molecule has 6 heteroatoms. The van der Waals surface area contributed by atoms with Crippen LogP contribution in [0.25, 0.3) is 0 Å². The van der Waals surface area contributed by atoms with Gasteiger partial charge in [0.25, 0.3) is 0 Å². The number of aryl methyl sites for hydroxylation is 1. The molecule has 6 nitrogen and oxygen atoms in total. The van der Waals surface area contributed by atoms with Gasteiger partial charge in [-0.05, 0) is 65.3 Å². The second kappa shape index (κ2) is 7.47. The molecule has 24 heavy (non-hydrogen) atoms. The van der Waals surface area contributed by atoms with E-state index in [9.17, 15) is 0 Å². The smallest absolute Gasteiger partial charge is 0.245 e. The maximum atomic E-state index is 4.48. The summed E-state index contributed by atoms with van der Waals surface area (Å²) in [5, 5.41) is 14.6. The second-order valence-electron chi connectivity index (χ2n) is 6.84. The van der Waals surface area contributed by atoms with Gasteiger partial charge < -0.3 is 15.5 Å². The highest BCUT2D eigenvalue weighted by atomic mass is 15.3. The molecule has 1 aromatic carbocycles. The van der Waals surface area contributed by atoms with Crippen molar-refractivity contribution >= 4 is 23.1 Å². The Labute approximate surface area is 144 Å². The van der Waals surface area contributed by atoms with Crippen LogP contribution in [0, 0.1) is 6.92 Å². The van der Waals surface area contributed by atoms with Crippen LogP contribution in [0.5, 0.6) is 0 Å². The summed E-state index contributed by atoms with van der Waals surface area (Å²) in [6, 6.07) is 6.41. The monoisotopic (exact) mass is 328 g/mol. The van der Waals surface area contributed by atoms with Gasteiger partial charge in [-0.15, -0.1) is 5.10 Å². The first-order valence-electron chi connectivity index (χ1n) is 8.43. The summed E-state index contributed by atoms with van der Waals surface area (Å²) in [5.41, 5.74) is 3.32. The lowest BCUT2D eigenvalue weighted by atomic mass is 10.1. The molecule has 0 aliphatic rings. The summed E-state index contributed by atoms with van der Waals surface area (Å²) in [6.07, 6.45) is 1.63. The summed E-state index contributed by atoms with van der Waals surface area (Å²) in [4.78, 5) is 6.81. The maximum Gasteiger partial charge on any atom is 0.245 e. The molecule has 1 heterocycles. The van der Waals surface area contributed by atoms with Gasteiger partial charge >= 0.3 is 0 Å². The number of aromatic nitrogens is 3. The summed E-state index contributed by atoms with van der Waals surface area (Å²) < 4.78 is 0. The predicted octanol–water partition coefficient (Wildman–Crippen LogP) is 3.98. The zero-order valence-corrected chi connectivity index (χ0v) is 15.5. The van der Waals surface area contributed by atoms with Gasteiger partial charge in [0.05, 0.1) is 6.20 Å². The Morgan fingerprint density at radius 3 is 2.42 bits per heavy atom. The van der Waals surface area contributed by atoms with Crippen molar-refractivity contribution in [3.63, 3.8) is 0 Å². The highest BCUT2D eigenvalue weighted by Crippen LogP contribution is 2.25. The normalized spacial score (nSPS) is 11.2. The number of hydrogen-bond acceptors (Lipinski definition) is 6. The number of nitrogens with one attached hydrogen (secondary N) is 2. The van der Waals surface area contributed by atoms with Gasteiger partial charge in [0.1, 0.15) is 0 Å². The van der Waals surface area contributed by atoms with Crippen LogP contribution in [0.1, 0.15) is 40.2 Å². The molecule has 2 rings (SSSR count). The summed E-state index contributed by atoms with van der Waals surface area (Å²) in [5.74, 6) is 1.19. The molecule has 0 fully saturated rings. The lowest BCUT2D eigenvalue weighted by Gasteiger charge is -2.22. The Morgan fingerprint density at radius 1 is 1.12 bits per heavy atom. The van der Waals surface area contributed by atoms with Crippen molar-refractivity contribution in [2.45, 2.75) is 47.1 Å². The van der Waals surface area contributed by atoms with Gasteiger partial charge in [-0.25, -0.2) is 0 Å². The van der Waals surface area contributed by atoms with E-state index in [2.05, 4.69) is 90.5 Å². The molecular formula is C18H28N6. The third-order valence-electron chi connectivity index (χ3n) is 3.65. The average Bonchev–Trinajstić information content (AvgIpc) is 2.50. The van der Waals surface area contributed by atoms with Crippen molar-refractivity contribution in [1.29, 1.82) is 0 Å².